The van der Waals surface area contributed by atoms with Crippen molar-refractivity contribution in [2.45, 2.75) is 56.9 Å². The first-order valence-corrected chi connectivity index (χ1v) is 10.0. The van der Waals surface area contributed by atoms with Gasteiger partial charge < -0.3 is 26.2 Å². The van der Waals surface area contributed by atoms with E-state index < -0.39 is 6.10 Å². The number of anilines is 2. The molecule has 2 fully saturated rings. The Bertz CT molecular complexity index is 929. The molecule has 1 saturated carbocycles. The molecule has 0 spiro atoms. The van der Waals surface area contributed by atoms with E-state index in [0.29, 0.717) is 29.3 Å². The molecule has 1 saturated heterocycles. The van der Waals surface area contributed by atoms with Gasteiger partial charge in [0.15, 0.2) is 0 Å². The second-order valence-electron chi connectivity index (χ2n) is 8.06. The van der Waals surface area contributed by atoms with Gasteiger partial charge in [0.1, 0.15) is 23.5 Å². The van der Waals surface area contributed by atoms with Crippen LogP contribution in [-0.2, 0) is 0 Å². The Morgan fingerprint density at radius 3 is 2.72 bits per heavy atom. The SMILES string of the molecule is CCC1(Oc2ccc(N)c(C(=N)c3cc(N4CC(O)C(N)C4C)ncn3)c2)CC1. The number of hydrogen-bond acceptors (Lipinski definition) is 8. The normalized spacial score (nSPS) is 25.1. The molecule has 0 radical (unpaired) electrons. The van der Waals surface area contributed by atoms with Crippen molar-refractivity contribution in [3.63, 3.8) is 0 Å². The Morgan fingerprint density at radius 2 is 2.10 bits per heavy atom. The maximum Gasteiger partial charge on any atom is 0.132 e. The van der Waals surface area contributed by atoms with Gasteiger partial charge in [0.25, 0.3) is 0 Å². The van der Waals surface area contributed by atoms with Crippen molar-refractivity contribution in [1.82, 2.24) is 9.97 Å². The fourth-order valence-electron chi connectivity index (χ4n) is 3.83. The van der Waals surface area contributed by atoms with Gasteiger partial charge in [-0.3, -0.25) is 5.41 Å². The molecular formula is C21H28N6O2. The molecule has 2 aromatic rings. The van der Waals surface area contributed by atoms with Crippen molar-refractivity contribution in [1.29, 1.82) is 5.41 Å². The van der Waals surface area contributed by atoms with Crippen LogP contribution in [0.3, 0.4) is 0 Å². The highest BCUT2D eigenvalue weighted by molar-refractivity contribution is 6.13. The molecule has 3 unspecified atom stereocenters. The maximum absolute atomic E-state index is 10.1. The number of ether oxygens (including phenoxy) is 1. The zero-order chi connectivity index (χ0) is 20.8. The summed E-state index contributed by atoms with van der Waals surface area (Å²) in [7, 11) is 0. The van der Waals surface area contributed by atoms with E-state index in [0.717, 1.165) is 25.0 Å². The minimum absolute atomic E-state index is 0.0625. The molecule has 1 aromatic carbocycles. The quantitative estimate of drug-likeness (QED) is 0.431. The molecular weight excluding hydrogens is 368 g/mol. The van der Waals surface area contributed by atoms with Gasteiger partial charge in [-0.1, -0.05) is 6.92 Å². The van der Waals surface area contributed by atoms with E-state index in [4.69, 9.17) is 21.6 Å². The number of nitrogen functional groups attached to an aromatic ring is 1. The molecule has 2 aliphatic rings. The van der Waals surface area contributed by atoms with Gasteiger partial charge in [-0.05, 0) is 44.4 Å². The smallest absolute Gasteiger partial charge is 0.132 e. The number of rotatable bonds is 6. The molecule has 8 nitrogen and oxygen atoms in total. The standard InChI is InChI=1S/C21H28N6O2/c1-3-21(6-7-21)29-13-4-5-15(22)14(8-13)20(24)16-9-18(26-11-25-16)27-10-17(28)19(23)12(27)2/h4-5,8-9,11-12,17,19,24,28H,3,6-7,10,22-23H2,1-2H3. The van der Waals surface area contributed by atoms with E-state index >= 15 is 0 Å². The van der Waals surface area contributed by atoms with Crippen LogP contribution >= 0.6 is 0 Å². The van der Waals surface area contributed by atoms with E-state index in [1.165, 1.54) is 6.33 Å². The van der Waals surface area contributed by atoms with Crippen molar-refractivity contribution in [2.24, 2.45) is 5.73 Å². The largest absolute Gasteiger partial charge is 0.487 e. The number of nitrogens with one attached hydrogen (secondary N) is 1. The molecule has 1 aromatic heterocycles. The highest BCUT2D eigenvalue weighted by Crippen LogP contribution is 2.43. The highest BCUT2D eigenvalue weighted by Gasteiger charge is 2.43. The molecule has 0 amide bonds. The van der Waals surface area contributed by atoms with E-state index in [1.54, 1.807) is 12.1 Å². The first kappa shape index (κ1) is 19.6. The Kier molecular flexibility index (Phi) is 4.92. The van der Waals surface area contributed by atoms with Crippen molar-refractivity contribution in [2.75, 3.05) is 17.2 Å². The van der Waals surface area contributed by atoms with Crippen LogP contribution in [-0.4, -0.2) is 51.1 Å². The van der Waals surface area contributed by atoms with Crippen molar-refractivity contribution in [3.8, 4) is 5.75 Å². The molecule has 1 aliphatic heterocycles. The van der Waals surface area contributed by atoms with Crippen molar-refractivity contribution < 1.29 is 9.84 Å². The number of nitrogens with two attached hydrogens (primary N) is 2. The molecule has 154 valence electrons. The Hall–Kier alpha value is -2.71. The van der Waals surface area contributed by atoms with Crippen molar-refractivity contribution in [3.05, 3.63) is 41.9 Å². The molecule has 29 heavy (non-hydrogen) atoms. The minimum Gasteiger partial charge on any atom is -0.487 e. The molecule has 0 bridgehead atoms. The zero-order valence-electron chi connectivity index (χ0n) is 16.8. The van der Waals surface area contributed by atoms with E-state index in [9.17, 15) is 5.11 Å². The molecule has 6 N–H and O–H groups in total. The lowest BCUT2D eigenvalue weighted by molar-refractivity contribution is 0.174. The third-order valence-corrected chi connectivity index (χ3v) is 6.16. The number of hydrogen-bond donors (Lipinski definition) is 4. The molecule has 8 heteroatoms. The van der Waals surface area contributed by atoms with Gasteiger partial charge in [-0.25, -0.2) is 9.97 Å². The first-order valence-electron chi connectivity index (χ1n) is 10.0. The lowest BCUT2D eigenvalue weighted by Crippen LogP contribution is -2.40. The third-order valence-electron chi connectivity index (χ3n) is 6.16. The molecule has 1 aliphatic carbocycles. The highest BCUT2D eigenvalue weighted by atomic mass is 16.5. The van der Waals surface area contributed by atoms with Crippen LogP contribution in [0.25, 0.3) is 0 Å². The van der Waals surface area contributed by atoms with E-state index in [-0.39, 0.29) is 23.4 Å². The van der Waals surface area contributed by atoms with Crippen molar-refractivity contribution >= 4 is 17.2 Å². The summed E-state index contributed by atoms with van der Waals surface area (Å²) in [5.74, 6) is 1.35. The Morgan fingerprint density at radius 1 is 1.34 bits per heavy atom. The summed E-state index contributed by atoms with van der Waals surface area (Å²) in [5.41, 5.74) is 13.9. The number of benzene rings is 1. The average Bonchev–Trinajstić information content (AvgIpc) is 3.46. The van der Waals surface area contributed by atoms with Gasteiger partial charge in [-0.15, -0.1) is 0 Å². The van der Waals surface area contributed by atoms with Crippen LogP contribution in [0.15, 0.2) is 30.6 Å². The van der Waals surface area contributed by atoms with E-state index in [2.05, 4.69) is 16.9 Å². The van der Waals surface area contributed by atoms with Gasteiger partial charge in [-0.2, -0.15) is 0 Å². The van der Waals surface area contributed by atoms with Gasteiger partial charge in [0.2, 0.25) is 0 Å². The predicted molar refractivity (Wildman–Crippen MR) is 112 cm³/mol. The lowest BCUT2D eigenvalue weighted by atomic mass is 10.0. The van der Waals surface area contributed by atoms with Gasteiger partial charge in [0.05, 0.1) is 23.6 Å². The first-order chi connectivity index (χ1) is 13.8. The van der Waals surface area contributed by atoms with Crippen LogP contribution in [0.4, 0.5) is 11.5 Å². The predicted octanol–water partition coefficient (Wildman–Crippen LogP) is 1.69. The zero-order valence-corrected chi connectivity index (χ0v) is 16.8. The maximum atomic E-state index is 10.1. The van der Waals surface area contributed by atoms with E-state index in [1.807, 2.05) is 24.0 Å². The Labute approximate surface area is 170 Å². The van der Waals surface area contributed by atoms with Gasteiger partial charge in [0, 0.05) is 29.9 Å². The summed E-state index contributed by atoms with van der Waals surface area (Å²) in [6.45, 7) is 4.47. The summed E-state index contributed by atoms with van der Waals surface area (Å²) in [6, 6.07) is 6.77. The van der Waals surface area contributed by atoms with Crippen LogP contribution in [0.2, 0.25) is 0 Å². The molecule has 3 atom stereocenters. The number of aliphatic hydroxyl groups is 1. The number of aliphatic hydroxyl groups excluding tert-OH is 1. The second-order valence-corrected chi connectivity index (χ2v) is 8.06. The second kappa shape index (κ2) is 7.27. The summed E-state index contributed by atoms with van der Waals surface area (Å²) in [5, 5.41) is 18.7. The number of β-amino-alcohol motifs (C(OH)–C–C–N with tert-alkyl or cyclic N) is 1. The Balaban J connectivity index is 1.60. The lowest BCUT2D eigenvalue weighted by Gasteiger charge is -2.24. The fraction of sp³-hybridized carbons (Fsp3) is 0.476. The summed E-state index contributed by atoms with van der Waals surface area (Å²) >= 11 is 0. The van der Waals surface area contributed by atoms with Crippen LogP contribution in [0.1, 0.15) is 44.4 Å². The fourth-order valence-corrected chi connectivity index (χ4v) is 3.83. The number of aromatic nitrogens is 2. The molecule has 4 rings (SSSR count). The van der Waals surface area contributed by atoms with Crippen LogP contribution in [0, 0.1) is 5.41 Å². The minimum atomic E-state index is -0.611. The van der Waals surface area contributed by atoms with Gasteiger partial charge >= 0.3 is 0 Å². The number of nitrogens with zero attached hydrogens (tertiary/aromatic N) is 3. The van der Waals surface area contributed by atoms with Crippen LogP contribution < -0.4 is 21.1 Å². The van der Waals surface area contributed by atoms with Crippen LogP contribution in [0.5, 0.6) is 5.75 Å². The summed E-state index contributed by atoms with van der Waals surface area (Å²) in [4.78, 5) is 10.5. The average molecular weight is 396 g/mol. The third kappa shape index (κ3) is 3.65. The molecule has 2 heterocycles. The monoisotopic (exact) mass is 396 g/mol. The summed E-state index contributed by atoms with van der Waals surface area (Å²) < 4.78 is 6.15. The topological polar surface area (TPSA) is 134 Å². The summed E-state index contributed by atoms with van der Waals surface area (Å²) in [6.07, 6.45) is 3.88.